The number of carbonyl (C=O) groups excluding carboxylic acids is 1. The van der Waals surface area contributed by atoms with E-state index >= 15 is 0 Å². The Kier molecular flexibility index (Phi) is 2.60. The lowest BCUT2D eigenvalue weighted by molar-refractivity contribution is 0.0595. The minimum Gasteiger partial charge on any atom is -0.506 e. The molecule has 1 heterocycles. The molecular formula is C9H11NO4. The van der Waals surface area contributed by atoms with Crippen LogP contribution in [0.5, 0.6) is 5.75 Å². The van der Waals surface area contributed by atoms with Gasteiger partial charge in [0.1, 0.15) is 11.3 Å². The van der Waals surface area contributed by atoms with Gasteiger partial charge in [-0.2, -0.15) is 0 Å². The average molecular weight is 197 g/mol. The van der Waals surface area contributed by atoms with Crippen molar-refractivity contribution in [3.8, 4) is 5.75 Å². The molecule has 0 saturated carbocycles. The Labute approximate surface area is 80.3 Å². The summed E-state index contributed by atoms with van der Waals surface area (Å²) in [4.78, 5) is 24.8. The first-order chi connectivity index (χ1) is 6.49. The highest BCUT2D eigenvalue weighted by atomic mass is 16.5. The minimum absolute atomic E-state index is 0.00426. The van der Waals surface area contributed by atoms with Gasteiger partial charge in [0, 0.05) is 5.69 Å². The summed E-state index contributed by atoms with van der Waals surface area (Å²) in [6, 6.07) is 0. The number of nitrogens with one attached hydrogen (secondary N) is 1. The van der Waals surface area contributed by atoms with Crippen molar-refractivity contribution in [2.75, 3.05) is 7.11 Å². The van der Waals surface area contributed by atoms with Crippen LogP contribution >= 0.6 is 0 Å². The van der Waals surface area contributed by atoms with Crippen LogP contribution in [0.2, 0.25) is 0 Å². The Hall–Kier alpha value is -1.78. The lowest BCUT2D eigenvalue weighted by Gasteiger charge is -2.07. The van der Waals surface area contributed by atoms with Gasteiger partial charge in [0.05, 0.1) is 12.7 Å². The van der Waals surface area contributed by atoms with Crippen molar-refractivity contribution in [2.24, 2.45) is 0 Å². The molecule has 2 N–H and O–H groups in total. The zero-order valence-corrected chi connectivity index (χ0v) is 8.17. The second kappa shape index (κ2) is 3.53. The van der Waals surface area contributed by atoms with Crippen molar-refractivity contribution in [3.63, 3.8) is 0 Å². The third kappa shape index (κ3) is 1.48. The van der Waals surface area contributed by atoms with Crippen molar-refractivity contribution in [1.29, 1.82) is 0 Å². The van der Waals surface area contributed by atoms with E-state index < -0.39 is 11.5 Å². The fourth-order valence-electron chi connectivity index (χ4n) is 1.15. The normalized spacial score (nSPS) is 9.93. The number of aromatic nitrogens is 1. The number of methoxy groups -OCH3 is 1. The molecule has 76 valence electrons. The molecule has 0 aromatic carbocycles. The quantitative estimate of drug-likeness (QED) is 0.642. The van der Waals surface area contributed by atoms with E-state index in [4.69, 9.17) is 0 Å². The number of carbonyl (C=O) groups is 1. The highest BCUT2D eigenvalue weighted by molar-refractivity contribution is 5.93. The molecular weight excluding hydrogens is 186 g/mol. The largest absolute Gasteiger partial charge is 0.506 e. The zero-order chi connectivity index (χ0) is 10.9. The maximum atomic E-state index is 11.2. The molecule has 0 fully saturated rings. The zero-order valence-electron chi connectivity index (χ0n) is 8.17. The van der Waals surface area contributed by atoms with Crippen molar-refractivity contribution >= 4 is 5.97 Å². The molecule has 0 aliphatic carbocycles. The van der Waals surface area contributed by atoms with Gasteiger partial charge < -0.3 is 14.8 Å². The standard InChI is InChI=1S/C9H11NO4/c1-4-7(11)6(9(13)14-3)5(2)10-8(4)12/h1-3H3,(H2,10,11,12). The molecule has 0 aliphatic rings. The van der Waals surface area contributed by atoms with Gasteiger partial charge in [-0.1, -0.05) is 0 Å². The number of rotatable bonds is 1. The van der Waals surface area contributed by atoms with E-state index in [0.29, 0.717) is 5.69 Å². The van der Waals surface area contributed by atoms with Crippen LogP contribution in [0.3, 0.4) is 0 Å². The number of aromatic hydroxyl groups is 1. The van der Waals surface area contributed by atoms with Crippen LogP contribution in [-0.2, 0) is 4.74 Å². The summed E-state index contributed by atoms with van der Waals surface area (Å²) in [5, 5.41) is 9.54. The van der Waals surface area contributed by atoms with E-state index in [9.17, 15) is 14.7 Å². The second-order valence-electron chi connectivity index (χ2n) is 2.92. The SMILES string of the molecule is COC(=O)c1c(C)[nH]c(=O)c(C)c1O. The topological polar surface area (TPSA) is 79.4 Å². The first-order valence-electron chi connectivity index (χ1n) is 3.99. The van der Waals surface area contributed by atoms with Gasteiger partial charge in [-0.15, -0.1) is 0 Å². The molecule has 0 radical (unpaired) electrons. The molecule has 5 heteroatoms. The van der Waals surface area contributed by atoms with E-state index in [-0.39, 0.29) is 16.9 Å². The summed E-state index contributed by atoms with van der Waals surface area (Å²) < 4.78 is 4.47. The van der Waals surface area contributed by atoms with Crippen LogP contribution in [0.15, 0.2) is 4.79 Å². The van der Waals surface area contributed by atoms with Crippen LogP contribution < -0.4 is 5.56 Å². The Morgan fingerprint density at radius 2 is 2.00 bits per heavy atom. The van der Waals surface area contributed by atoms with Crippen LogP contribution in [0.4, 0.5) is 0 Å². The summed E-state index contributed by atoms with van der Waals surface area (Å²) in [7, 11) is 1.21. The average Bonchev–Trinajstić information content (AvgIpc) is 2.14. The molecule has 0 saturated heterocycles. The Morgan fingerprint density at radius 1 is 1.43 bits per heavy atom. The number of pyridine rings is 1. The van der Waals surface area contributed by atoms with Crippen molar-refractivity contribution < 1.29 is 14.6 Å². The molecule has 1 aromatic rings. The highest BCUT2D eigenvalue weighted by Gasteiger charge is 2.18. The molecule has 0 aliphatic heterocycles. The first-order valence-corrected chi connectivity index (χ1v) is 3.99. The van der Waals surface area contributed by atoms with Crippen molar-refractivity contribution in [1.82, 2.24) is 4.98 Å². The van der Waals surface area contributed by atoms with Gasteiger partial charge in [-0.25, -0.2) is 4.79 Å². The smallest absolute Gasteiger partial charge is 0.343 e. The van der Waals surface area contributed by atoms with Crippen LogP contribution in [0.25, 0.3) is 0 Å². The molecule has 0 spiro atoms. The van der Waals surface area contributed by atoms with Gasteiger partial charge in [-0.05, 0) is 13.8 Å². The summed E-state index contributed by atoms with van der Waals surface area (Å²) in [6.07, 6.45) is 0. The third-order valence-electron chi connectivity index (χ3n) is 2.00. The lowest BCUT2D eigenvalue weighted by atomic mass is 10.1. The van der Waals surface area contributed by atoms with Crippen molar-refractivity contribution in [2.45, 2.75) is 13.8 Å². The predicted octanol–water partition coefficient (Wildman–Crippen LogP) is 0.484. The number of H-pyrrole nitrogens is 1. The first kappa shape index (κ1) is 10.3. The fraction of sp³-hybridized carbons (Fsp3) is 0.333. The fourth-order valence-corrected chi connectivity index (χ4v) is 1.15. The van der Waals surface area contributed by atoms with Gasteiger partial charge in [-0.3, -0.25) is 4.79 Å². The highest BCUT2D eigenvalue weighted by Crippen LogP contribution is 2.21. The molecule has 0 bridgehead atoms. The molecule has 14 heavy (non-hydrogen) atoms. The van der Waals surface area contributed by atoms with Crippen LogP contribution in [0, 0.1) is 13.8 Å². The minimum atomic E-state index is -0.667. The molecule has 0 amide bonds. The van der Waals surface area contributed by atoms with Gasteiger partial charge in [0.2, 0.25) is 0 Å². The van der Waals surface area contributed by atoms with Gasteiger partial charge in [0.15, 0.2) is 0 Å². The van der Waals surface area contributed by atoms with Gasteiger partial charge >= 0.3 is 5.97 Å². The predicted molar refractivity (Wildman–Crippen MR) is 49.5 cm³/mol. The molecule has 1 aromatic heterocycles. The summed E-state index contributed by atoms with van der Waals surface area (Å²) in [5.74, 6) is -0.988. The number of ether oxygens (including phenoxy) is 1. The van der Waals surface area contributed by atoms with E-state index in [1.54, 1.807) is 0 Å². The van der Waals surface area contributed by atoms with E-state index in [2.05, 4.69) is 9.72 Å². The van der Waals surface area contributed by atoms with Crippen molar-refractivity contribution in [3.05, 3.63) is 27.2 Å². The molecule has 5 nitrogen and oxygen atoms in total. The van der Waals surface area contributed by atoms with E-state index in [0.717, 1.165) is 0 Å². The van der Waals surface area contributed by atoms with Gasteiger partial charge in [0.25, 0.3) is 5.56 Å². The summed E-state index contributed by atoms with van der Waals surface area (Å²) >= 11 is 0. The summed E-state index contributed by atoms with van der Waals surface area (Å²) in [6.45, 7) is 2.95. The number of esters is 1. The Morgan fingerprint density at radius 3 is 2.50 bits per heavy atom. The van der Waals surface area contributed by atoms with Crippen LogP contribution in [-0.4, -0.2) is 23.2 Å². The maximum Gasteiger partial charge on any atom is 0.343 e. The van der Waals surface area contributed by atoms with E-state index in [1.807, 2.05) is 0 Å². The lowest BCUT2D eigenvalue weighted by Crippen LogP contribution is -2.16. The summed E-state index contributed by atoms with van der Waals surface area (Å²) in [5.41, 5.74) is -0.00166. The molecule has 0 unspecified atom stereocenters. The molecule has 0 atom stereocenters. The Balaban J connectivity index is 3.52. The van der Waals surface area contributed by atoms with Crippen LogP contribution in [0.1, 0.15) is 21.6 Å². The monoisotopic (exact) mass is 197 g/mol. The molecule has 1 rings (SSSR count). The third-order valence-corrected chi connectivity index (χ3v) is 2.00. The maximum absolute atomic E-state index is 11.2. The number of hydrogen-bond acceptors (Lipinski definition) is 4. The number of hydrogen-bond donors (Lipinski definition) is 2. The second-order valence-corrected chi connectivity index (χ2v) is 2.92. The Bertz CT molecular complexity index is 433. The number of aromatic amines is 1. The number of aryl methyl sites for hydroxylation is 1. The van der Waals surface area contributed by atoms with E-state index in [1.165, 1.54) is 21.0 Å².